The number of hydrogen-bond donors (Lipinski definition) is 2. The summed E-state index contributed by atoms with van der Waals surface area (Å²) in [4.78, 5) is 11.7. The van der Waals surface area contributed by atoms with Crippen molar-refractivity contribution in [2.75, 3.05) is 7.11 Å². The summed E-state index contributed by atoms with van der Waals surface area (Å²) in [7, 11) is 1.52. The predicted octanol–water partition coefficient (Wildman–Crippen LogP) is 7.07. The van der Waals surface area contributed by atoms with Crippen LogP contribution in [0.25, 0.3) is 21.9 Å². The second-order valence-electron chi connectivity index (χ2n) is 8.66. The van der Waals surface area contributed by atoms with Gasteiger partial charge in [-0.25, -0.2) is 9.18 Å². The average molecular weight is 458 g/mol. The van der Waals surface area contributed by atoms with Gasteiger partial charge >= 0.3 is 5.97 Å². The van der Waals surface area contributed by atoms with E-state index in [2.05, 4.69) is 36.5 Å². The molecule has 4 aromatic rings. The third kappa shape index (κ3) is 4.80. The molecule has 0 bridgehead atoms. The molecule has 174 valence electrons. The van der Waals surface area contributed by atoms with Gasteiger partial charge in [-0.15, -0.1) is 0 Å². The Kier molecular flexibility index (Phi) is 6.66. The number of benzene rings is 4. The van der Waals surface area contributed by atoms with Crippen LogP contribution in [-0.4, -0.2) is 18.2 Å². The van der Waals surface area contributed by atoms with E-state index in [9.17, 15) is 14.3 Å². The van der Waals surface area contributed by atoms with Crippen LogP contribution in [0.1, 0.15) is 53.0 Å². The molecule has 0 amide bonds. The zero-order valence-corrected chi connectivity index (χ0v) is 19.7. The van der Waals surface area contributed by atoms with Crippen molar-refractivity contribution in [2.45, 2.75) is 32.9 Å². The van der Waals surface area contributed by atoms with Crippen LogP contribution >= 0.6 is 0 Å². The lowest BCUT2D eigenvalue weighted by Crippen LogP contribution is -2.22. The summed E-state index contributed by atoms with van der Waals surface area (Å²) in [6, 6.07) is 22.4. The fourth-order valence-electron chi connectivity index (χ4n) is 4.36. The predicted molar refractivity (Wildman–Crippen MR) is 134 cm³/mol. The molecular weight excluding hydrogens is 429 g/mol. The molecule has 5 heteroatoms. The first kappa shape index (κ1) is 23.5. The third-order valence-electron chi connectivity index (χ3n) is 6.29. The van der Waals surface area contributed by atoms with Crippen molar-refractivity contribution in [1.29, 1.82) is 0 Å². The minimum Gasteiger partial charge on any atom is -0.497 e. The van der Waals surface area contributed by atoms with Crippen LogP contribution in [0.3, 0.4) is 0 Å². The number of halogens is 1. The normalized spacial score (nSPS) is 13.0. The van der Waals surface area contributed by atoms with Crippen LogP contribution in [0.2, 0.25) is 0 Å². The summed E-state index contributed by atoms with van der Waals surface area (Å²) in [6.45, 7) is 5.86. The van der Waals surface area contributed by atoms with Crippen molar-refractivity contribution in [1.82, 2.24) is 5.32 Å². The summed E-state index contributed by atoms with van der Waals surface area (Å²) < 4.78 is 19.2. The Labute approximate surface area is 199 Å². The standard InChI is InChI=1S/C29H28FNO3/c1-17-9-10-21(14-27(17)29(32)33)28-15-22(11-20-7-5-6-8-26(20)28)18(2)31-19(3)23-12-24(30)16-25(13-23)34-4/h5-16,18-19,31H,1-4H3,(H,32,33)/t18?,19-/m1/s1. The number of carbonyl (C=O) groups is 1. The van der Waals surface area contributed by atoms with Gasteiger partial charge in [0.2, 0.25) is 0 Å². The number of nitrogens with one attached hydrogen (secondary N) is 1. The van der Waals surface area contributed by atoms with E-state index < -0.39 is 5.97 Å². The molecule has 0 saturated heterocycles. The van der Waals surface area contributed by atoms with Gasteiger partial charge in [0, 0.05) is 18.2 Å². The minimum absolute atomic E-state index is 0.0444. The number of hydrogen-bond acceptors (Lipinski definition) is 3. The lowest BCUT2D eigenvalue weighted by molar-refractivity contribution is 0.0696. The Morgan fingerprint density at radius 1 is 0.941 bits per heavy atom. The monoisotopic (exact) mass is 457 g/mol. The molecule has 34 heavy (non-hydrogen) atoms. The van der Waals surface area contributed by atoms with Crippen molar-refractivity contribution in [2.24, 2.45) is 0 Å². The highest BCUT2D eigenvalue weighted by Crippen LogP contribution is 2.34. The van der Waals surface area contributed by atoms with Gasteiger partial charge in [0.15, 0.2) is 0 Å². The van der Waals surface area contributed by atoms with Crippen LogP contribution in [-0.2, 0) is 0 Å². The lowest BCUT2D eigenvalue weighted by Gasteiger charge is -2.23. The molecule has 0 heterocycles. The molecule has 0 aliphatic heterocycles. The maximum atomic E-state index is 14.0. The first-order valence-corrected chi connectivity index (χ1v) is 11.2. The molecular formula is C29H28FNO3. The Hall–Kier alpha value is -3.70. The van der Waals surface area contributed by atoms with E-state index in [1.807, 2.05) is 37.3 Å². The third-order valence-corrected chi connectivity index (χ3v) is 6.29. The number of ether oxygens (including phenoxy) is 1. The zero-order chi connectivity index (χ0) is 24.4. The molecule has 2 atom stereocenters. The number of rotatable bonds is 7. The molecule has 0 radical (unpaired) electrons. The summed E-state index contributed by atoms with van der Waals surface area (Å²) >= 11 is 0. The van der Waals surface area contributed by atoms with Gasteiger partial charge in [-0.05, 0) is 89.7 Å². The van der Waals surface area contributed by atoms with Crippen molar-refractivity contribution >= 4 is 16.7 Å². The van der Waals surface area contributed by atoms with Gasteiger partial charge < -0.3 is 15.2 Å². The van der Waals surface area contributed by atoms with E-state index >= 15 is 0 Å². The fraction of sp³-hybridized carbons (Fsp3) is 0.207. The molecule has 0 spiro atoms. The van der Waals surface area contributed by atoms with Gasteiger partial charge in [-0.1, -0.05) is 36.4 Å². The van der Waals surface area contributed by atoms with E-state index in [4.69, 9.17) is 4.74 Å². The Morgan fingerprint density at radius 3 is 2.35 bits per heavy atom. The first-order valence-electron chi connectivity index (χ1n) is 11.2. The topological polar surface area (TPSA) is 58.6 Å². The Morgan fingerprint density at radius 2 is 1.65 bits per heavy atom. The molecule has 4 nitrogen and oxygen atoms in total. The van der Waals surface area contributed by atoms with E-state index in [0.717, 1.165) is 38.6 Å². The largest absolute Gasteiger partial charge is 0.497 e. The molecule has 0 aromatic heterocycles. The second-order valence-corrected chi connectivity index (χ2v) is 8.66. The van der Waals surface area contributed by atoms with Crippen LogP contribution in [0, 0.1) is 12.7 Å². The quantitative estimate of drug-likeness (QED) is 0.311. The molecule has 0 fully saturated rings. The van der Waals surface area contributed by atoms with Gasteiger partial charge in [0.05, 0.1) is 12.7 Å². The molecule has 4 rings (SSSR count). The van der Waals surface area contributed by atoms with E-state index in [1.165, 1.54) is 19.2 Å². The van der Waals surface area contributed by atoms with Crippen molar-refractivity contribution in [3.8, 4) is 16.9 Å². The Bertz CT molecular complexity index is 1370. The second kappa shape index (κ2) is 9.65. The van der Waals surface area contributed by atoms with Gasteiger partial charge in [0.25, 0.3) is 0 Å². The zero-order valence-electron chi connectivity index (χ0n) is 19.7. The van der Waals surface area contributed by atoms with Gasteiger partial charge in [-0.3, -0.25) is 0 Å². The number of fused-ring (bicyclic) bond motifs is 1. The summed E-state index contributed by atoms with van der Waals surface area (Å²) in [5.41, 5.74) is 4.72. The number of carboxylic acid groups (broad SMARTS) is 1. The van der Waals surface area contributed by atoms with Crippen molar-refractivity contribution in [3.63, 3.8) is 0 Å². The molecule has 2 N–H and O–H groups in total. The van der Waals surface area contributed by atoms with Crippen molar-refractivity contribution in [3.05, 3.63) is 101 Å². The highest BCUT2D eigenvalue weighted by molar-refractivity contribution is 5.99. The highest BCUT2D eigenvalue weighted by atomic mass is 19.1. The number of carboxylic acids is 1. The molecule has 0 aliphatic carbocycles. The number of aryl methyl sites for hydroxylation is 1. The maximum absolute atomic E-state index is 14.0. The minimum atomic E-state index is -0.936. The molecule has 4 aromatic carbocycles. The molecule has 0 saturated carbocycles. The SMILES string of the molecule is COc1cc(F)cc([C@@H](C)NC(C)c2cc(-c3ccc(C)c(C(=O)O)c3)c3ccccc3c2)c1. The summed E-state index contributed by atoms with van der Waals surface area (Å²) in [5, 5.41) is 15.3. The van der Waals surface area contributed by atoms with Crippen LogP contribution in [0.5, 0.6) is 5.75 Å². The van der Waals surface area contributed by atoms with Gasteiger partial charge in [-0.2, -0.15) is 0 Å². The lowest BCUT2D eigenvalue weighted by atomic mass is 9.91. The highest BCUT2D eigenvalue weighted by Gasteiger charge is 2.17. The van der Waals surface area contributed by atoms with E-state index in [-0.39, 0.29) is 17.9 Å². The summed E-state index contributed by atoms with van der Waals surface area (Å²) in [5.74, 6) is -0.788. The summed E-state index contributed by atoms with van der Waals surface area (Å²) in [6.07, 6.45) is 0. The number of methoxy groups -OCH3 is 1. The fourth-order valence-corrected chi connectivity index (χ4v) is 4.36. The number of aromatic carboxylic acids is 1. The van der Waals surface area contributed by atoms with Crippen LogP contribution < -0.4 is 10.1 Å². The average Bonchev–Trinajstić information content (AvgIpc) is 2.83. The molecule has 0 aliphatic rings. The van der Waals surface area contributed by atoms with Crippen molar-refractivity contribution < 1.29 is 19.0 Å². The van der Waals surface area contributed by atoms with Crippen LogP contribution in [0.4, 0.5) is 4.39 Å². The van der Waals surface area contributed by atoms with Gasteiger partial charge in [0.1, 0.15) is 11.6 Å². The smallest absolute Gasteiger partial charge is 0.335 e. The molecule has 1 unspecified atom stereocenters. The van der Waals surface area contributed by atoms with E-state index in [0.29, 0.717) is 11.3 Å². The van der Waals surface area contributed by atoms with Crippen LogP contribution in [0.15, 0.2) is 72.8 Å². The first-order chi connectivity index (χ1) is 16.3. The Balaban J connectivity index is 1.73. The van der Waals surface area contributed by atoms with E-state index in [1.54, 1.807) is 13.0 Å². The maximum Gasteiger partial charge on any atom is 0.335 e.